The van der Waals surface area contributed by atoms with E-state index in [1.807, 2.05) is 10.8 Å². The Balaban J connectivity index is 1.57. The summed E-state index contributed by atoms with van der Waals surface area (Å²) in [4.78, 5) is 6.24. The molecule has 1 fully saturated rings. The number of hydrogen-bond acceptors (Lipinski definition) is 6. The molecular weight excluding hydrogens is 404 g/mol. The molecule has 3 aromatic rings. The van der Waals surface area contributed by atoms with Gasteiger partial charge in [-0.15, -0.1) is 0 Å². The molecule has 1 aliphatic carbocycles. The number of anilines is 1. The van der Waals surface area contributed by atoms with E-state index >= 15 is 0 Å². The van der Waals surface area contributed by atoms with Crippen LogP contribution in [-0.2, 0) is 10.0 Å². The van der Waals surface area contributed by atoms with Gasteiger partial charge in [-0.1, -0.05) is 0 Å². The van der Waals surface area contributed by atoms with Gasteiger partial charge in [0.25, 0.3) is 10.0 Å². The smallest absolute Gasteiger partial charge is 0.268 e. The normalized spacial score (nSPS) is 19.2. The monoisotopic (exact) mass is 421 g/mol. The quantitative estimate of drug-likeness (QED) is 0.633. The molecule has 1 aromatic carbocycles. The SMILES string of the molecule is O=S(=O)(Nc1ccncn1)c1c(F)cc(OC2CCC[C@@H]2c2ccn[nH]2)cc1F. The van der Waals surface area contributed by atoms with Crippen LogP contribution in [0.5, 0.6) is 5.75 Å². The molecule has 0 saturated heterocycles. The molecule has 0 radical (unpaired) electrons. The minimum atomic E-state index is -4.52. The van der Waals surface area contributed by atoms with Gasteiger partial charge in [-0.3, -0.25) is 9.82 Å². The van der Waals surface area contributed by atoms with Crippen molar-refractivity contribution in [2.45, 2.75) is 36.2 Å². The minimum absolute atomic E-state index is 0.0199. The second kappa shape index (κ2) is 7.74. The summed E-state index contributed by atoms with van der Waals surface area (Å²) in [6.07, 6.45) is 6.21. The summed E-state index contributed by atoms with van der Waals surface area (Å²) in [5.74, 6) is -2.66. The van der Waals surface area contributed by atoms with Crippen molar-refractivity contribution >= 4 is 15.8 Å². The van der Waals surface area contributed by atoms with Gasteiger partial charge in [0.2, 0.25) is 0 Å². The molecule has 2 atom stereocenters. The summed E-state index contributed by atoms with van der Waals surface area (Å²) in [5, 5.41) is 6.82. The zero-order valence-corrected chi connectivity index (χ0v) is 15.9. The van der Waals surface area contributed by atoms with Crippen LogP contribution in [0.15, 0.2) is 47.9 Å². The number of aromatic nitrogens is 4. The zero-order valence-electron chi connectivity index (χ0n) is 15.0. The first-order valence-electron chi connectivity index (χ1n) is 8.88. The lowest BCUT2D eigenvalue weighted by molar-refractivity contribution is 0.187. The van der Waals surface area contributed by atoms with Crippen molar-refractivity contribution < 1.29 is 21.9 Å². The third-order valence-corrected chi connectivity index (χ3v) is 6.13. The Morgan fingerprint density at radius 1 is 1.14 bits per heavy atom. The van der Waals surface area contributed by atoms with Gasteiger partial charge in [0.05, 0.1) is 0 Å². The second-order valence-corrected chi connectivity index (χ2v) is 8.24. The van der Waals surface area contributed by atoms with Crippen LogP contribution in [0.1, 0.15) is 30.9 Å². The minimum Gasteiger partial charge on any atom is -0.490 e. The summed E-state index contributed by atoms with van der Waals surface area (Å²) in [6.45, 7) is 0. The van der Waals surface area contributed by atoms with Crippen LogP contribution in [0.2, 0.25) is 0 Å². The Bertz CT molecular complexity index is 1070. The topological polar surface area (TPSA) is 110 Å². The van der Waals surface area contributed by atoms with E-state index in [1.54, 1.807) is 6.20 Å². The molecule has 0 bridgehead atoms. The van der Waals surface area contributed by atoms with Gasteiger partial charge in [0.15, 0.2) is 4.90 Å². The van der Waals surface area contributed by atoms with E-state index in [-0.39, 0.29) is 23.6 Å². The highest BCUT2D eigenvalue weighted by Gasteiger charge is 2.32. The van der Waals surface area contributed by atoms with E-state index in [4.69, 9.17) is 4.74 Å². The molecule has 2 heterocycles. The van der Waals surface area contributed by atoms with Crippen LogP contribution in [0.25, 0.3) is 0 Å². The molecule has 1 unspecified atom stereocenters. The van der Waals surface area contributed by atoms with Crippen molar-refractivity contribution in [3.8, 4) is 5.75 Å². The summed E-state index contributed by atoms with van der Waals surface area (Å²) >= 11 is 0. The molecule has 2 aromatic heterocycles. The van der Waals surface area contributed by atoms with Gasteiger partial charge >= 0.3 is 0 Å². The van der Waals surface area contributed by atoms with Crippen molar-refractivity contribution in [2.75, 3.05) is 4.72 Å². The molecule has 0 amide bonds. The van der Waals surface area contributed by atoms with Crippen LogP contribution in [0.3, 0.4) is 0 Å². The molecule has 1 saturated carbocycles. The molecule has 4 rings (SSSR count). The van der Waals surface area contributed by atoms with E-state index in [0.29, 0.717) is 6.42 Å². The molecule has 8 nitrogen and oxygen atoms in total. The van der Waals surface area contributed by atoms with Gasteiger partial charge in [-0.05, 0) is 31.4 Å². The fourth-order valence-electron chi connectivity index (χ4n) is 3.47. The Labute approximate surface area is 165 Å². The predicted molar refractivity (Wildman–Crippen MR) is 98.8 cm³/mol. The Morgan fingerprint density at radius 2 is 1.93 bits per heavy atom. The number of ether oxygens (including phenoxy) is 1. The standard InChI is InChI=1S/C18H17F2N5O3S/c19-13-8-11(28-16-3-1-2-12(16)15-4-7-23-24-15)9-14(20)18(13)29(26,27)25-17-5-6-21-10-22-17/h4-10,12,16H,1-3H2,(H,23,24)(H,21,22,25)/t12-,16?/m1/s1. The molecule has 1 aliphatic rings. The highest BCUT2D eigenvalue weighted by Crippen LogP contribution is 2.37. The molecular formula is C18H17F2N5O3S. The van der Waals surface area contributed by atoms with Crippen LogP contribution < -0.4 is 9.46 Å². The number of aromatic amines is 1. The number of halogens is 2. The van der Waals surface area contributed by atoms with E-state index in [0.717, 1.165) is 37.0 Å². The van der Waals surface area contributed by atoms with Crippen LogP contribution >= 0.6 is 0 Å². The van der Waals surface area contributed by atoms with Gasteiger partial charge in [-0.2, -0.15) is 5.10 Å². The summed E-state index contributed by atoms with van der Waals surface area (Å²) in [5.41, 5.74) is 0.890. The number of hydrogen-bond donors (Lipinski definition) is 2. The van der Waals surface area contributed by atoms with Crippen LogP contribution in [-0.4, -0.2) is 34.7 Å². The first-order valence-corrected chi connectivity index (χ1v) is 10.4. The van der Waals surface area contributed by atoms with Crippen molar-refractivity contribution in [3.63, 3.8) is 0 Å². The maximum absolute atomic E-state index is 14.6. The van der Waals surface area contributed by atoms with Crippen LogP contribution in [0, 0.1) is 11.6 Å². The number of rotatable bonds is 6. The lowest BCUT2D eigenvalue weighted by atomic mass is 10.0. The Kier molecular flexibility index (Phi) is 5.14. The lowest BCUT2D eigenvalue weighted by Gasteiger charge is -2.21. The number of sulfonamides is 1. The maximum atomic E-state index is 14.6. The van der Waals surface area contributed by atoms with E-state index < -0.39 is 26.6 Å². The number of H-pyrrole nitrogens is 1. The number of benzene rings is 1. The fourth-order valence-corrected chi connectivity index (χ4v) is 4.60. The Hall–Kier alpha value is -3.08. The highest BCUT2D eigenvalue weighted by atomic mass is 32.2. The zero-order chi connectivity index (χ0) is 20.4. The molecule has 11 heteroatoms. The van der Waals surface area contributed by atoms with E-state index in [9.17, 15) is 17.2 Å². The van der Waals surface area contributed by atoms with Crippen molar-refractivity contribution in [1.82, 2.24) is 20.2 Å². The lowest BCUT2D eigenvalue weighted by Crippen LogP contribution is -2.21. The third-order valence-electron chi connectivity index (χ3n) is 4.72. The average molecular weight is 421 g/mol. The summed E-state index contributed by atoms with van der Waals surface area (Å²) in [7, 11) is -4.52. The predicted octanol–water partition coefficient (Wildman–Crippen LogP) is 2.99. The van der Waals surface area contributed by atoms with Crippen molar-refractivity contribution in [2.24, 2.45) is 0 Å². The Morgan fingerprint density at radius 3 is 2.59 bits per heavy atom. The summed E-state index contributed by atoms with van der Waals surface area (Å²) < 4.78 is 61.8. The maximum Gasteiger partial charge on any atom is 0.268 e. The number of nitrogens with zero attached hydrogens (tertiary/aromatic N) is 3. The first-order chi connectivity index (χ1) is 13.9. The number of nitrogens with one attached hydrogen (secondary N) is 2. The van der Waals surface area contributed by atoms with E-state index in [2.05, 4.69) is 20.2 Å². The molecule has 0 aliphatic heterocycles. The van der Waals surface area contributed by atoms with Crippen molar-refractivity contribution in [3.05, 3.63) is 60.3 Å². The van der Waals surface area contributed by atoms with Gasteiger partial charge in [-0.25, -0.2) is 27.2 Å². The van der Waals surface area contributed by atoms with Gasteiger partial charge < -0.3 is 4.74 Å². The van der Waals surface area contributed by atoms with Gasteiger partial charge in [0, 0.05) is 36.1 Å². The van der Waals surface area contributed by atoms with Crippen LogP contribution in [0.4, 0.5) is 14.6 Å². The fraction of sp³-hybridized carbons (Fsp3) is 0.278. The van der Waals surface area contributed by atoms with Crippen molar-refractivity contribution in [1.29, 1.82) is 0 Å². The molecule has 2 N–H and O–H groups in total. The van der Waals surface area contributed by atoms with Gasteiger partial charge in [0.1, 0.15) is 35.6 Å². The molecule has 0 spiro atoms. The van der Waals surface area contributed by atoms with E-state index in [1.165, 1.54) is 12.3 Å². The molecule has 29 heavy (non-hydrogen) atoms. The highest BCUT2D eigenvalue weighted by molar-refractivity contribution is 7.92. The first kappa shape index (κ1) is 19.2. The third kappa shape index (κ3) is 4.04. The summed E-state index contributed by atoms with van der Waals surface area (Å²) in [6, 6.07) is 4.85. The molecule has 152 valence electrons. The average Bonchev–Trinajstić information content (AvgIpc) is 3.32. The second-order valence-electron chi connectivity index (χ2n) is 6.62. The largest absolute Gasteiger partial charge is 0.490 e.